The largest absolute Gasteiger partial charge is 0.493 e. The molecular formula is C20H24O2. The van der Waals surface area contributed by atoms with Crippen LogP contribution in [-0.4, -0.2) is 12.7 Å². The normalized spacial score (nSPS) is 14.2. The third-order valence-corrected chi connectivity index (χ3v) is 3.83. The average Bonchev–Trinajstić information content (AvgIpc) is 3.31. The van der Waals surface area contributed by atoms with Gasteiger partial charge in [0.2, 0.25) is 0 Å². The van der Waals surface area contributed by atoms with E-state index in [1.807, 2.05) is 6.07 Å². The SMILES string of the molecule is Cc1ccc(OC(C)C)c(-c2cccc(OCC3CC3)c2)c1. The van der Waals surface area contributed by atoms with Crippen LogP contribution in [0.25, 0.3) is 11.1 Å². The first kappa shape index (κ1) is 15.0. The van der Waals surface area contributed by atoms with Crippen LogP contribution >= 0.6 is 0 Å². The zero-order valence-corrected chi connectivity index (χ0v) is 13.6. The minimum atomic E-state index is 0.163. The van der Waals surface area contributed by atoms with Crippen LogP contribution in [0.15, 0.2) is 42.5 Å². The van der Waals surface area contributed by atoms with Gasteiger partial charge in [0, 0.05) is 5.56 Å². The Hall–Kier alpha value is -1.96. The molecule has 2 aromatic rings. The molecular weight excluding hydrogens is 272 g/mol. The minimum absolute atomic E-state index is 0.163. The van der Waals surface area contributed by atoms with Gasteiger partial charge in [-0.25, -0.2) is 0 Å². The summed E-state index contributed by atoms with van der Waals surface area (Å²) >= 11 is 0. The molecule has 0 N–H and O–H groups in total. The summed E-state index contributed by atoms with van der Waals surface area (Å²) in [4.78, 5) is 0. The average molecular weight is 296 g/mol. The Labute approximate surface area is 133 Å². The van der Waals surface area contributed by atoms with Gasteiger partial charge in [0.25, 0.3) is 0 Å². The Morgan fingerprint density at radius 2 is 1.91 bits per heavy atom. The van der Waals surface area contributed by atoms with Gasteiger partial charge in [-0.2, -0.15) is 0 Å². The van der Waals surface area contributed by atoms with Crippen LogP contribution in [0.4, 0.5) is 0 Å². The lowest BCUT2D eigenvalue weighted by molar-refractivity contribution is 0.243. The first-order valence-corrected chi connectivity index (χ1v) is 8.12. The summed E-state index contributed by atoms with van der Waals surface area (Å²) in [5.41, 5.74) is 3.51. The molecule has 22 heavy (non-hydrogen) atoms. The van der Waals surface area contributed by atoms with Crippen molar-refractivity contribution >= 4 is 0 Å². The Balaban J connectivity index is 1.88. The summed E-state index contributed by atoms with van der Waals surface area (Å²) in [6.45, 7) is 7.06. The van der Waals surface area contributed by atoms with Crippen molar-refractivity contribution in [3.63, 3.8) is 0 Å². The molecule has 0 heterocycles. The Kier molecular flexibility index (Phi) is 4.37. The third kappa shape index (κ3) is 3.82. The van der Waals surface area contributed by atoms with E-state index in [4.69, 9.17) is 9.47 Å². The second-order valence-electron chi connectivity index (χ2n) is 6.45. The Bertz CT molecular complexity index is 642. The topological polar surface area (TPSA) is 18.5 Å². The number of benzene rings is 2. The van der Waals surface area contributed by atoms with Gasteiger partial charge in [-0.1, -0.05) is 23.8 Å². The molecule has 0 unspecified atom stereocenters. The molecule has 0 aromatic heterocycles. The van der Waals surface area contributed by atoms with Crippen LogP contribution in [0.1, 0.15) is 32.3 Å². The molecule has 2 nitrogen and oxygen atoms in total. The van der Waals surface area contributed by atoms with Crippen molar-refractivity contribution in [3.05, 3.63) is 48.0 Å². The van der Waals surface area contributed by atoms with E-state index in [0.717, 1.165) is 35.2 Å². The maximum absolute atomic E-state index is 5.96. The van der Waals surface area contributed by atoms with E-state index in [-0.39, 0.29) is 6.10 Å². The molecule has 0 amide bonds. The molecule has 0 bridgehead atoms. The van der Waals surface area contributed by atoms with Crippen molar-refractivity contribution in [1.29, 1.82) is 0 Å². The van der Waals surface area contributed by atoms with E-state index in [9.17, 15) is 0 Å². The van der Waals surface area contributed by atoms with Crippen molar-refractivity contribution in [3.8, 4) is 22.6 Å². The predicted octanol–water partition coefficient (Wildman–Crippen LogP) is 5.24. The second-order valence-corrected chi connectivity index (χ2v) is 6.45. The molecule has 1 fully saturated rings. The van der Waals surface area contributed by atoms with Gasteiger partial charge in [-0.05, 0) is 69.4 Å². The lowest BCUT2D eigenvalue weighted by Gasteiger charge is -2.16. The highest BCUT2D eigenvalue weighted by molar-refractivity contribution is 5.72. The highest BCUT2D eigenvalue weighted by Crippen LogP contribution is 2.34. The van der Waals surface area contributed by atoms with Gasteiger partial charge in [0.15, 0.2) is 0 Å². The van der Waals surface area contributed by atoms with Crippen LogP contribution in [-0.2, 0) is 0 Å². The number of ether oxygens (including phenoxy) is 2. The van der Waals surface area contributed by atoms with E-state index >= 15 is 0 Å². The molecule has 2 aromatic carbocycles. The molecule has 2 heteroatoms. The van der Waals surface area contributed by atoms with E-state index in [1.54, 1.807) is 0 Å². The van der Waals surface area contributed by atoms with Crippen molar-refractivity contribution in [1.82, 2.24) is 0 Å². The molecule has 0 saturated heterocycles. The van der Waals surface area contributed by atoms with Crippen molar-refractivity contribution in [2.75, 3.05) is 6.61 Å². The highest BCUT2D eigenvalue weighted by atomic mass is 16.5. The molecule has 1 aliphatic carbocycles. The summed E-state index contributed by atoms with van der Waals surface area (Å²) in [6, 6.07) is 14.6. The second kappa shape index (κ2) is 6.43. The highest BCUT2D eigenvalue weighted by Gasteiger charge is 2.22. The summed E-state index contributed by atoms with van der Waals surface area (Å²) < 4.78 is 11.9. The van der Waals surface area contributed by atoms with E-state index < -0.39 is 0 Å². The predicted molar refractivity (Wildman–Crippen MR) is 90.6 cm³/mol. The Morgan fingerprint density at radius 3 is 2.64 bits per heavy atom. The first-order chi connectivity index (χ1) is 10.6. The Morgan fingerprint density at radius 1 is 1.09 bits per heavy atom. The number of rotatable bonds is 6. The van der Waals surface area contributed by atoms with Gasteiger partial charge in [0.1, 0.15) is 11.5 Å². The monoisotopic (exact) mass is 296 g/mol. The molecule has 0 radical (unpaired) electrons. The van der Waals surface area contributed by atoms with Crippen molar-refractivity contribution in [2.45, 2.75) is 39.7 Å². The molecule has 116 valence electrons. The van der Waals surface area contributed by atoms with Crippen LogP contribution in [0.2, 0.25) is 0 Å². The fraction of sp³-hybridized carbons (Fsp3) is 0.400. The fourth-order valence-corrected chi connectivity index (χ4v) is 2.48. The first-order valence-electron chi connectivity index (χ1n) is 8.12. The quantitative estimate of drug-likeness (QED) is 0.726. The van der Waals surface area contributed by atoms with Gasteiger partial charge >= 0.3 is 0 Å². The van der Waals surface area contributed by atoms with Gasteiger partial charge < -0.3 is 9.47 Å². The third-order valence-electron chi connectivity index (χ3n) is 3.83. The molecule has 3 rings (SSSR count). The molecule has 0 aliphatic heterocycles. The summed E-state index contributed by atoms with van der Waals surface area (Å²) in [5, 5.41) is 0. The molecule has 1 saturated carbocycles. The standard InChI is InChI=1S/C20H24O2/c1-14(2)22-20-10-7-15(3)11-19(20)17-5-4-6-18(12-17)21-13-16-8-9-16/h4-7,10-12,14,16H,8-9,13H2,1-3H3. The fourth-order valence-electron chi connectivity index (χ4n) is 2.48. The smallest absolute Gasteiger partial charge is 0.127 e. The molecule has 1 aliphatic rings. The van der Waals surface area contributed by atoms with Gasteiger partial charge in [0.05, 0.1) is 12.7 Å². The summed E-state index contributed by atoms with van der Waals surface area (Å²) in [7, 11) is 0. The summed E-state index contributed by atoms with van der Waals surface area (Å²) in [6.07, 6.45) is 2.78. The molecule has 0 spiro atoms. The van der Waals surface area contributed by atoms with Crippen LogP contribution in [0.3, 0.4) is 0 Å². The van der Waals surface area contributed by atoms with Crippen LogP contribution in [0, 0.1) is 12.8 Å². The number of hydrogen-bond acceptors (Lipinski definition) is 2. The van der Waals surface area contributed by atoms with Crippen LogP contribution in [0.5, 0.6) is 11.5 Å². The lowest BCUT2D eigenvalue weighted by atomic mass is 10.0. The van der Waals surface area contributed by atoms with E-state index in [2.05, 4.69) is 57.2 Å². The maximum Gasteiger partial charge on any atom is 0.127 e. The lowest BCUT2D eigenvalue weighted by Crippen LogP contribution is -2.06. The zero-order valence-electron chi connectivity index (χ0n) is 13.6. The van der Waals surface area contributed by atoms with E-state index in [1.165, 1.54) is 18.4 Å². The van der Waals surface area contributed by atoms with Crippen molar-refractivity contribution < 1.29 is 9.47 Å². The number of hydrogen-bond donors (Lipinski definition) is 0. The van der Waals surface area contributed by atoms with Crippen molar-refractivity contribution in [2.24, 2.45) is 5.92 Å². The zero-order chi connectivity index (χ0) is 15.5. The minimum Gasteiger partial charge on any atom is -0.493 e. The maximum atomic E-state index is 5.96. The van der Waals surface area contributed by atoms with Gasteiger partial charge in [-0.15, -0.1) is 0 Å². The van der Waals surface area contributed by atoms with Crippen LogP contribution < -0.4 is 9.47 Å². The van der Waals surface area contributed by atoms with Gasteiger partial charge in [-0.3, -0.25) is 0 Å². The molecule has 0 atom stereocenters. The number of aryl methyl sites for hydroxylation is 1. The van der Waals surface area contributed by atoms with E-state index in [0.29, 0.717) is 0 Å². The summed E-state index contributed by atoms with van der Waals surface area (Å²) in [5.74, 6) is 2.64.